The second kappa shape index (κ2) is 8.63. The molecule has 4 nitrogen and oxygen atoms in total. The number of methoxy groups -OCH3 is 1. The largest absolute Gasteiger partial charge is 0.497 e. The van der Waals surface area contributed by atoms with E-state index in [0.29, 0.717) is 23.5 Å². The second-order valence-corrected chi connectivity index (χ2v) is 10.2. The molecule has 30 heavy (non-hydrogen) atoms. The molecular weight excluding hydrogens is 393 g/mol. The summed E-state index contributed by atoms with van der Waals surface area (Å²) >= 11 is 0. The fraction of sp³-hybridized carbons (Fsp3) is 0.640. The van der Waals surface area contributed by atoms with Crippen LogP contribution >= 0.6 is 8.58 Å². The van der Waals surface area contributed by atoms with Crippen LogP contribution in [0.1, 0.15) is 52.5 Å². The zero-order chi connectivity index (χ0) is 21.5. The number of carbonyl (C=O) groups is 1. The van der Waals surface area contributed by atoms with E-state index in [1.165, 1.54) is 11.7 Å². The monoisotopic (exact) mass is 429 g/mol. The second-order valence-electron chi connectivity index (χ2n) is 8.80. The molecule has 0 radical (unpaired) electrons. The highest BCUT2D eigenvalue weighted by molar-refractivity contribution is 7.49. The average Bonchev–Trinajstić information content (AvgIpc) is 3.31. The average molecular weight is 430 g/mol. The van der Waals surface area contributed by atoms with E-state index >= 15 is 0 Å². The van der Waals surface area contributed by atoms with E-state index in [0.717, 1.165) is 40.3 Å². The van der Waals surface area contributed by atoms with Gasteiger partial charge in [-0.15, -0.1) is 0 Å². The molecule has 2 fully saturated rings. The molecule has 1 spiro atoms. The van der Waals surface area contributed by atoms with Gasteiger partial charge in [-0.25, -0.2) is 0 Å². The quantitative estimate of drug-likeness (QED) is 0.407. The summed E-state index contributed by atoms with van der Waals surface area (Å²) in [5.41, 5.74) is 2.31. The van der Waals surface area contributed by atoms with Crippen LogP contribution in [-0.2, 0) is 14.9 Å². The van der Waals surface area contributed by atoms with Crippen LogP contribution in [0, 0.1) is 11.8 Å². The molecule has 1 aliphatic carbocycles. The van der Waals surface area contributed by atoms with Crippen molar-refractivity contribution in [3.8, 4) is 5.75 Å². The van der Waals surface area contributed by atoms with Crippen molar-refractivity contribution in [1.82, 2.24) is 4.90 Å². The summed E-state index contributed by atoms with van der Waals surface area (Å²) in [5.74, 6) is 1.54. The normalized spacial score (nSPS) is 36.4. The smallest absolute Gasteiger partial charge is 0.302 e. The fourth-order valence-electron chi connectivity index (χ4n) is 6.74. The third-order valence-corrected chi connectivity index (χ3v) is 9.52. The fourth-order valence-corrected chi connectivity index (χ4v) is 9.07. The van der Waals surface area contributed by atoms with Crippen molar-refractivity contribution in [2.45, 2.75) is 70.2 Å². The van der Waals surface area contributed by atoms with E-state index in [1.54, 1.807) is 19.6 Å². The van der Waals surface area contributed by atoms with Gasteiger partial charge in [0.1, 0.15) is 11.9 Å². The van der Waals surface area contributed by atoms with E-state index in [1.807, 2.05) is 13.8 Å². The van der Waals surface area contributed by atoms with Gasteiger partial charge < -0.3 is 9.47 Å². The maximum atomic E-state index is 12.0. The Kier molecular flexibility index (Phi) is 6.28. The Morgan fingerprint density at radius 2 is 2.13 bits per heavy atom. The van der Waals surface area contributed by atoms with Gasteiger partial charge in [0, 0.05) is 36.8 Å². The lowest BCUT2D eigenvalue weighted by molar-refractivity contribution is -0.157. The number of hydrogen-bond donors (Lipinski definition) is 0. The van der Waals surface area contributed by atoms with Gasteiger partial charge in [0.2, 0.25) is 0 Å². The lowest BCUT2D eigenvalue weighted by Gasteiger charge is -2.55. The first-order chi connectivity index (χ1) is 14.6. The van der Waals surface area contributed by atoms with E-state index in [-0.39, 0.29) is 17.5 Å². The Bertz CT molecular complexity index is 825. The number of hydrogen-bond acceptors (Lipinski definition) is 4. The molecule has 0 aromatic heterocycles. The van der Waals surface area contributed by atoms with Gasteiger partial charge in [0.05, 0.1) is 7.11 Å². The van der Waals surface area contributed by atoms with Crippen molar-refractivity contribution in [2.75, 3.05) is 20.2 Å². The van der Waals surface area contributed by atoms with E-state index < -0.39 is 0 Å². The van der Waals surface area contributed by atoms with Crippen LogP contribution in [0.2, 0.25) is 0 Å². The Labute approximate surface area is 183 Å². The van der Waals surface area contributed by atoms with Gasteiger partial charge in [0.15, 0.2) is 0 Å². The van der Waals surface area contributed by atoms with Crippen molar-refractivity contribution in [3.05, 3.63) is 35.9 Å². The first-order valence-electron chi connectivity index (χ1n) is 11.6. The molecule has 1 aromatic rings. The first-order valence-corrected chi connectivity index (χ1v) is 12.7. The van der Waals surface area contributed by atoms with Crippen LogP contribution in [0.3, 0.4) is 0 Å². The van der Waals surface area contributed by atoms with Crippen LogP contribution < -0.4 is 10.0 Å². The maximum Gasteiger partial charge on any atom is 0.302 e. The Balaban J connectivity index is 0.00000106. The predicted octanol–water partition coefficient (Wildman–Crippen LogP) is 4.27. The molecule has 0 N–H and O–H groups in total. The van der Waals surface area contributed by atoms with Crippen molar-refractivity contribution in [3.63, 3.8) is 0 Å². The lowest BCUT2D eigenvalue weighted by atomic mass is 9.57. The maximum absolute atomic E-state index is 12.0. The summed E-state index contributed by atoms with van der Waals surface area (Å²) in [7, 11) is 2.52. The van der Waals surface area contributed by atoms with Crippen molar-refractivity contribution in [1.29, 1.82) is 0 Å². The lowest BCUT2D eigenvalue weighted by Crippen LogP contribution is -2.63. The molecule has 5 heteroatoms. The van der Waals surface area contributed by atoms with Gasteiger partial charge in [0.25, 0.3) is 0 Å². The molecule has 1 saturated carbocycles. The number of esters is 1. The summed E-state index contributed by atoms with van der Waals surface area (Å²) in [6.45, 7) is 9.99. The first kappa shape index (κ1) is 21.8. The van der Waals surface area contributed by atoms with Crippen LogP contribution in [-0.4, -0.2) is 48.9 Å². The molecule has 5 rings (SSSR count). The van der Waals surface area contributed by atoms with Crippen LogP contribution in [0.5, 0.6) is 5.75 Å². The van der Waals surface area contributed by atoms with Crippen LogP contribution in [0.4, 0.5) is 0 Å². The number of ether oxygens (including phenoxy) is 2. The van der Waals surface area contributed by atoms with E-state index in [4.69, 9.17) is 9.47 Å². The Morgan fingerprint density at radius 3 is 2.83 bits per heavy atom. The topological polar surface area (TPSA) is 38.8 Å². The minimum absolute atomic E-state index is 0.00133. The minimum Gasteiger partial charge on any atom is -0.497 e. The molecule has 3 aliphatic heterocycles. The number of rotatable bonds is 4. The third-order valence-electron chi connectivity index (χ3n) is 7.54. The molecular formula is C25H36NO3P. The Hall–Kier alpha value is -1.38. The molecule has 0 bridgehead atoms. The predicted molar refractivity (Wildman–Crippen MR) is 124 cm³/mol. The number of nitrogens with zero attached hydrogens (tertiary/aromatic N) is 1. The molecule has 0 amide bonds. The van der Waals surface area contributed by atoms with Crippen LogP contribution in [0.25, 0.3) is 0 Å². The molecule has 1 saturated heterocycles. The van der Waals surface area contributed by atoms with Crippen molar-refractivity contribution < 1.29 is 14.3 Å². The third kappa shape index (κ3) is 3.14. The molecule has 164 valence electrons. The highest BCUT2D eigenvalue weighted by atomic mass is 31.1. The van der Waals surface area contributed by atoms with Gasteiger partial charge in [-0.3, -0.25) is 9.69 Å². The SMILES string of the molecule is CC.CCCC1C(OC(C)=O)C2C=CCN3CCC4(c5ccc(OC)cc5PC14)C23. The molecule has 3 heterocycles. The van der Waals surface area contributed by atoms with Crippen molar-refractivity contribution in [2.24, 2.45) is 11.8 Å². The Morgan fingerprint density at radius 1 is 1.33 bits per heavy atom. The van der Waals surface area contributed by atoms with Crippen LogP contribution in [0.15, 0.2) is 30.4 Å². The zero-order valence-corrected chi connectivity index (χ0v) is 20.0. The highest BCUT2D eigenvalue weighted by Gasteiger charge is 2.66. The minimum atomic E-state index is -0.136. The summed E-state index contributed by atoms with van der Waals surface area (Å²) in [4.78, 5) is 14.7. The van der Waals surface area contributed by atoms with Crippen molar-refractivity contribution >= 4 is 19.9 Å². The molecule has 4 aliphatic rings. The number of carbonyl (C=O) groups excluding carboxylic acids is 1. The van der Waals surface area contributed by atoms with Gasteiger partial charge in [-0.2, -0.15) is 0 Å². The zero-order valence-electron chi connectivity index (χ0n) is 19.0. The van der Waals surface area contributed by atoms with Gasteiger partial charge in [-0.1, -0.05) is 54.0 Å². The summed E-state index contributed by atoms with van der Waals surface area (Å²) in [6.07, 6.45) is 8.14. The molecule has 7 atom stereocenters. The summed E-state index contributed by atoms with van der Waals surface area (Å²) < 4.78 is 11.6. The molecule has 7 unspecified atom stereocenters. The number of benzene rings is 1. The summed E-state index contributed by atoms with van der Waals surface area (Å²) in [5, 5.41) is 1.48. The van der Waals surface area contributed by atoms with E-state index in [9.17, 15) is 4.79 Å². The summed E-state index contributed by atoms with van der Waals surface area (Å²) in [6, 6.07) is 7.20. The number of fused-ring (bicyclic) bond motifs is 1. The molecule has 1 aromatic carbocycles. The highest BCUT2D eigenvalue weighted by Crippen LogP contribution is 2.63. The standard InChI is InChI=1S/C23H30NO3P.C2H6/c1-4-6-17-20(27-14(2)25)16-7-5-11-24-12-10-23(21(16)24)18-9-8-15(26-3)13-19(18)28-22(17)23;1-2/h5,7-9,13,16-17,20-22,28H,4,6,10-12H2,1-3H3;1-2H3. The van der Waals surface area contributed by atoms with Gasteiger partial charge in [-0.05, 0) is 48.0 Å². The van der Waals surface area contributed by atoms with E-state index in [2.05, 4.69) is 42.2 Å². The van der Waals surface area contributed by atoms with Gasteiger partial charge >= 0.3 is 5.97 Å².